The minimum atomic E-state index is 0.105. The van der Waals surface area contributed by atoms with Crippen molar-refractivity contribution in [3.05, 3.63) is 24.0 Å². The van der Waals surface area contributed by atoms with Gasteiger partial charge in [-0.3, -0.25) is 0 Å². The van der Waals surface area contributed by atoms with Gasteiger partial charge >= 0.3 is 0 Å². The summed E-state index contributed by atoms with van der Waals surface area (Å²) in [7, 11) is 1.88. The number of nitrogens with zero attached hydrogens (tertiary/aromatic N) is 3. The number of imidazole rings is 1. The molecule has 4 heteroatoms. The van der Waals surface area contributed by atoms with Crippen LogP contribution in [0.3, 0.4) is 0 Å². The number of hydrogen-bond acceptors (Lipinski definition) is 3. The van der Waals surface area contributed by atoms with Crippen molar-refractivity contribution in [2.24, 2.45) is 0 Å². The van der Waals surface area contributed by atoms with Gasteiger partial charge in [-0.15, -0.1) is 5.10 Å². The lowest BCUT2D eigenvalue weighted by molar-refractivity contribution is 0.450. The SMILES string of the molecule is CCCC(C)(C)c1cnc2ccc(NC)nn12. The molecule has 2 rings (SSSR count). The molecule has 0 fully saturated rings. The Bertz CT molecular complexity index is 513. The van der Waals surface area contributed by atoms with Crippen molar-refractivity contribution in [1.29, 1.82) is 0 Å². The third-order valence-electron chi connectivity index (χ3n) is 3.19. The zero-order valence-corrected chi connectivity index (χ0v) is 11.0. The Kier molecular flexibility index (Phi) is 3.05. The largest absolute Gasteiger partial charge is 0.372 e. The highest BCUT2D eigenvalue weighted by Gasteiger charge is 2.24. The van der Waals surface area contributed by atoms with Gasteiger partial charge in [0.2, 0.25) is 0 Å². The molecule has 0 bridgehead atoms. The third-order valence-corrected chi connectivity index (χ3v) is 3.19. The third kappa shape index (κ3) is 2.12. The van der Waals surface area contributed by atoms with Gasteiger partial charge in [-0.05, 0) is 18.6 Å². The van der Waals surface area contributed by atoms with E-state index in [9.17, 15) is 0 Å². The van der Waals surface area contributed by atoms with Crippen LogP contribution in [-0.2, 0) is 5.41 Å². The molecule has 2 aromatic rings. The Morgan fingerprint density at radius 1 is 1.35 bits per heavy atom. The maximum Gasteiger partial charge on any atom is 0.153 e. The number of anilines is 1. The average Bonchev–Trinajstić information content (AvgIpc) is 2.71. The normalized spacial score (nSPS) is 12.0. The summed E-state index contributed by atoms with van der Waals surface area (Å²) in [5.41, 5.74) is 2.18. The lowest BCUT2D eigenvalue weighted by Gasteiger charge is -2.22. The molecule has 0 unspecified atom stereocenters. The highest BCUT2D eigenvalue weighted by Crippen LogP contribution is 2.28. The number of fused-ring (bicyclic) bond motifs is 1. The first kappa shape index (κ1) is 11.9. The minimum Gasteiger partial charge on any atom is -0.372 e. The molecule has 0 saturated carbocycles. The second kappa shape index (κ2) is 4.35. The summed E-state index contributed by atoms with van der Waals surface area (Å²) in [5, 5.41) is 7.61. The van der Waals surface area contributed by atoms with Crippen molar-refractivity contribution in [2.45, 2.75) is 39.0 Å². The van der Waals surface area contributed by atoms with Crippen LogP contribution >= 0.6 is 0 Å². The van der Waals surface area contributed by atoms with Gasteiger partial charge < -0.3 is 5.32 Å². The summed E-state index contributed by atoms with van der Waals surface area (Å²) in [6.45, 7) is 6.69. The number of aromatic nitrogens is 3. The summed E-state index contributed by atoms with van der Waals surface area (Å²) in [6.07, 6.45) is 4.23. The van der Waals surface area contributed by atoms with E-state index in [1.54, 1.807) is 0 Å². The summed E-state index contributed by atoms with van der Waals surface area (Å²) in [6, 6.07) is 3.93. The predicted octanol–water partition coefficient (Wildman–Crippen LogP) is 2.85. The Labute approximate surface area is 102 Å². The lowest BCUT2D eigenvalue weighted by Crippen LogP contribution is -2.20. The molecule has 2 heterocycles. The standard InChI is InChI=1S/C13H20N4/c1-5-8-13(2,3)10-9-15-12-7-6-11(14-4)16-17(10)12/h6-7,9H,5,8H2,1-4H3,(H,14,16). The van der Waals surface area contributed by atoms with Crippen molar-refractivity contribution in [3.63, 3.8) is 0 Å². The van der Waals surface area contributed by atoms with E-state index in [2.05, 4.69) is 36.2 Å². The molecule has 0 aliphatic carbocycles. The maximum atomic E-state index is 4.55. The number of rotatable bonds is 4. The van der Waals surface area contributed by atoms with E-state index in [-0.39, 0.29) is 5.41 Å². The smallest absolute Gasteiger partial charge is 0.153 e. The molecular formula is C13H20N4. The van der Waals surface area contributed by atoms with Crippen molar-refractivity contribution < 1.29 is 0 Å². The van der Waals surface area contributed by atoms with Crippen LogP contribution in [0.1, 0.15) is 39.3 Å². The molecule has 0 aromatic carbocycles. The van der Waals surface area contributed by atoms with E-state index < -0.39 is 0 Å². The Balaban J connectivity index is 2.54. The summed E-state index contributed by atoms with van der Waals surface area (Å²) in [5.74, 6) is 0.865. The molecule has 0 radical (unpaired) electrons. The second-order valence-electron chi connectivity index (χ2n) is 5.02. The fourth-order valence-corrected chi connectivity index (χ4v) is 2.22. The topological polar surface area (TPSA) is 42.2 Å². The molecule has 1 N–H and O–H groups in total. The van der Waals surface area contributed by atoms with Crippen molar-refractivity contribution in [3.8, 4) is 0 Å². The number of nitrogens with one attached hydrogen (secondary N) is 1. The summed E-state index contributed by atoms with van der Waals surface area (Å²) < 4.78 is 1.95. The zero-order chi connectivity index (χ0) is 12.5. The van der Waals surface area contributed by atoms with Crippen LogP contribution in [0, 0.1) is 0 Å². The fraction of sp³-hybridized carbons (Fsp3) is 0.538. The van der Waals surface area contributed by atoms with Crippen LogP contribution in [0.15, 0.2) is 18.3 Å². The second-order valence-corrected chi connectivity index (χ2v) is 5.02. The van der Waals surface area contributed by atoms with Crippen LogP contribution in [-0.4, -0.2) is 21.6 Å². The van der Waals surface area contributed by atoms with Crippen LogP contribution in [0.5, 0.6) is 0 Å². The van der Waals surface area contributed by atoms with Crippen LogP contribution in [0.2, 0.25) is 0 Å². The molecule has 0 aliphatic heterocycles. The lowest BCUT2D eigenvalue weighted by atomic mass is 9.85. The summed E-state index contributed by atoms with van der Waals surface area (Å²) in [4.78, 5) is 4.42. The first-order valence-electron chi connectivity index (χ1n) is 6.11. The molecule has 0 aliphatic rings. The van der Waals surface area contributed by atoms with E-state index in [4.69, 9.17) is 0 Å². The minimum absolute atomic E-state index is 0.105. The van der Waals surface area contributed by atoms with Crippen molar-refractivity contribution in [1.82, 2.24) is 14.6 Å². The molecule has 17 heavy (non-hydrogen) atoms. The van der Waals surface area contributed by atoms with Crippen LogP contribution < -0.4 is 5.32 Å². The van der Waals surface area contributed by atoms with Gasteiger partial charge in [0.15, 0.2) is 5.65 Å². The van der Waals surface area contributed by atoms with E-state index in [1.807, 2.05) is 29.9 Å². The van der Waals surface area contributed by atoms with Gasteiger partial charge in [-0.1, -0.05) is 27.2 Å². The fourth-order valence-electron chi connectivity index (χ4n) is 2.22. The maximum absolute atomic E-state index is 4.55. The van der Waals surface area contributed by atoms with Crippen LogP contribution in [0.25, 0.3) is 5.65 Å². The van der Waals surface area contributed by atoms with E-state index in [0.29, 0.717) is 0 Å². The molecule has 0 amide bonds. The van der Waals surface area contributed by atoms with Gasteiger partial charge in [0.05, 0.1) is 11.9 Å². The highest BCUT2D eigenvalue weighted by molar-refractivity contribution is 5.46. The first-order chi connectivity index (χ1) is 8.08. The van der Waals surface area contributed by atoms with Gasteiger partial charge in [-0.2, -0.15) is 0 Å². The Hall–Kier alpha value is -1.58. The average molecular weight is 232 g/mol. The van der Waals surface area contributed by atoms with Gasteiger partial charge in [0.25, 0.3) is 0 Å². The van der Waals surface area contributed by atoms with Gasteiger partial charge in [-0.25, -0.2) is 9.50 Å². The van der Waals surface area contributed by atoms with Crippen molar-refractivity contribution >= 4 is 11.5 Å². The predicted molar refractivity (Wildman–Crippen MR) is 70.5 cm³/mol. The monoisotopic (exact) mass is 232 g/mol. The zero-order valence-electron chi connectivity index (χ0n) is 11.0. The van der Waals surface area contributed by atoms with Gasteiger partial charge in [0.1, 0.15) is 5.82 Å². The molecule has 92 valence electrons. The van der Waals surface area contributed by atoms with Gasteiger partial charge in [0, 0.05) is 12.5 Å². The van der Waals surface area contributed by atoms with Crippen molar-refractivity contribution in [2.75, 3.05) is 12.4 Å². The van der Waals surface area contributed by atoms with E-state index in [1.165, 1.54) is 5.69 Å². The van der Waals surface area contributed by atoms with Crippen LogP contribution in [0.4, 0.5) is 5.82 Å². The first-order valence-corrected chi connectivity index (χ1v) is 6.11. The molecule has 4 nitrogen and oxygen atoms in total. The molecular weight excluding hydrogens is 212 g/mol. The number of hydrogen-bond donors (Lipinski definition) is 1. The Morgan fingerprint density at radius 3 is 2.76 bits per heavy atom. The van der Waals surface area contributed by atoms with E-state index >= 15 is 0 Å². The van der Waals surface area contributed by atoms with E-state index in [0.717, 1.165) is 24.3 Å². The summed E-state index contributed by atoms with van der Waals surface area (Å²) >= 11 is 0. The molecule has 0 spiro atoms. The Morgan fingerprint density at radius 2 is 2.12 bits per heavy atom. The molecule has 0 saturated heterocycles. The highest BCUT2D eigenvalue weighted by atomic mass is 15.3. The molecule has 0 atom stereocenters. The quantitative estimate of drug-likeness (QED) is 0.881. The molecule has 2 aromatic heterocycles.